The third kappa shape index (κ3) is 3.66. The molecule has 1 aliphatic rings. The first-order valence-corrected chi connectivity index (χ1v) is 9.61. The molecule has 3 aromatic rings. The molecule has 1 aromatic carbocycles. The number of fused-ring (bicyclic) bond motifs is 1. The zero-order valence-corrected chi connectivity index (χ0v) is 15.8. The van der Waals surface area contributed by atoms with Crippen molar-refractivity contribution in [3.63, 3.8) is 0 Å². The molecule has 4 rings (SSSR count). The monoisotopic (exact) mass is 384 g/mol. The molecule has 7 nitrogen and oxygen atoms in total. The van der Waals surface area contributed by atoms with E-state index in [2.05, 4.69) is 4.98 Å². The Morgan fingerprint density at radius 2 is 1.85 bits per heavy atom. The highest BCUT2D eigenvalue weighted by molar-refractivity contribution is 7.22. The van der Waals surface area contributed by atoms with Crippen LogP contribution in [-0.4, -0.2) is 66.4 Å². The van der Waals surface area contributed by atoms with Crippen LogP contribution in [-0.2, 0) is 4.79 Å². The second-order valence-electron chi connectivity index (χ2n) is 6.47. The largest absolute Gasteiger partial charge is 0.459 e. The zero-order chi connectivity index (χ0) is 18.8. The Kier molecular flexibility index (Phi) is 4.81. The van der Waals surface area contributed by atoms with Crippen molar-refractivity contribution in [2.75, 3.05) is 44.7 Å². The van der Waals surface area contributed by atoms with Gasteiger partial charge >= 0.3 is 0 Å². The Balaban J connectivity index is 1.33. The summed E-state index contributed by atoms with van der Waals surface area (Å²) in [5.41, 5.74) is 0.946. The SMILES string of the molecule is CN(CC(=O)N1CCN(C(=O)c2ccco2)CC1)c1nc2ccccc2s1. The van der Waals surface area contributed by atoms with Gasteiger partial charge in [-0.3, -0.25) is 9.59 Å². The number of rotatable bonds is 4. The first-order valence-electron chi connectivity index (χ1n) is 8.79. The summed E-state index contributed by atoms with van der Waals surface area (Å²) in [6, 6.07) is 11.3. The molecule has 2 amide bonds. The molecular weight excluding hydrogens is 364 g/mol. The topological polar surface area (TPSA) is 69.9 Å². The maximum atomic E-state index is 12.6. The maximum absolute atomic E-state index is 12.6. The van der Waals surface area contributed by atoms with E-state index in [0.717, 1.165) is 15.3 Å². The molecule has 0 bridgehead atoms. The van der Waals surface area contributed by atoms with Crippen molar-refractivity contribution < 1.29 is 14.0 Å². The fourth-order valence-electron chi connectivity index (χ4n) is 3.11. The van der Waals surface area contributed by atoms with Gasteiger partial charge in [-0.2, -0.15) is 0 Å². The molecule has 3 heterocycles. The number of furan rings is 1. The number of hydrogen-bond acceptors (Lipinski definition) is 6. The van der Waals surface area contributed by atoms with Gasteiger partial charge in [0.25, 0.3) is 5.91 Å². The Morgan fingerprint density at radius 3 is 2.56 bits per heavy atom. The van der Waals surface area contributed by atoms with Gasteiger partial charge in [-0.1, -0.05) is 23.5 Å². The minimum absolute atomic E-state index is 0.0434. The highest BCUT2D eigenvalue weighted by Gasteiger charge is 2.26. The summed E-state index contributed by atoms with van der Waals surface area (Å²) in [5, 5.41) is 0.830. The lowest BCUT2D eigenvalue weighted by Crippen LogP contribution is -2.52. The fraction of sp³-hybridized carbons (Fsp3) is 0.316. The standard InChI is InChI=1S/C19H20N4O3S/c1-21(19-20-14-5-2-3-7-16(14)27-19)13-17(24)22-8-10-23(11-9-22)18(25)15-6-4-12-26-15/h2-7,12H,8-11,13H2,1H3. The van der Waals surface area contributed by atoms with Crippen molar-refractivity contribution in [2.24, 2.45) is 0 Å². The van der Waals surface area contributed by atoms with Gasteiger partial charge in [0.05, 0.1) is 23.0 Å². The van der Waals surface area contributed by atoms with E-state index in [0.29, 0.717) is 31.9 Å². The molecule has 1 saturated heterocycles. The molecule has 8 heteroatoms. The van der Waals surface area contributed by atoms with Gasteiger partial charge < -0.3 is 19.1 Å². The number of aromatic nitrogens is 1. The number of amides is 2. The molecule has 0 N–H and O–H groups in total. The molecule has 1 aliphatic heterocycles. The third-order valence-corrected chi connectivity index (χ3v) is 5.78. The molecule has 0 unspecified atom stereocenters. The van der Waals surface area contributed by atoms with E-state index in [9.17, 15) is 9.59 Å². The Hall–Kier alpha value is -2.87. The second kappa shape index (κ2) is 7.40. The summed E-state index contributed by atoms with van der Waals surface area (Å²) in [7, 11) is 1.88. The Labute approximate surface area is 160 Å². The van der Waals surface area contributed by atoms with E-state index < -0.39 is 0 Å². The summed E-state index contributed by atoms with van der Waals surface area (Å²) in [6.07, 6.45) is 1.49. The minimum Gasteiger partial charge on any atom is -0.459 e. The van der Waals surface area contributed by atoms with Gasteiger partial charge in [0.2, 0.25) is 5.91 Å². The van der Waals surface area contributed by atoms with Gasteiger partial charge in [0.15, 0.2) is 10.9 Å². The van der Waals surface area contributed by atoms with E-state index in [1.165, 1.54) is 6.26 Å². The van der Waals surface area contributed by atoms with Gasteiger partial charge in [-0.05, 0) is 24.3 Å². The van der Waals surface area contributed by atoms with Gasteiger partial charge in [0, 0.05) is 33.2 Å². The maximum Gasteiger partial charge on any atom is 0.289 e. The number of carbonyl (C=O) groups is 2. The first kappa shape index (κ1) is 17.5. The molecule has 0 aliphatic carbocycles. The van der Waals surface area contributed by atoms with Gasteiger partial charge in [-0.15, -0.1) is 0 Å². The third-order valence-electron chi connectivity index (χ3n) is 4.63. The van der Waals surface area contributed by atoms with Gasteiger partial charge in [-0.25, -0.2) is 4.98 Å². The first-order chi connectivity index (χ1) is 13.1. The number of nitrogens with zero attached hydrogens (tertiary/aromatic N) is 4. The number of hydrogen-bond donors (Lipinski definition) is 0. The number of piperazine rings is 1. The summed E-state index contributed by atoms with van der Waals surface area (Å²) >= 11 is 1.58. The van der Waals surface area contributed by atoms with Crippen LogP contribution in [0.5, 0.6) is 0 Å². The predicted molar refractivity (Wildman–Crippen MR) is 104 cm³/mol. The van der Waals surface area contributed by atoms with E-state index >= 15 is 0 Å². The Bertz CT molecular complexity index is 912. The van der Waals surface area contributed by atoms with Crippen LogP contribution in [0.3, 0.4) is 0 Å². The predicted octanol–water partition coefficient (Wildman–Crippen LogP) is 2.31. The van der Waals surface area contributed by atoms with Crippen molar-refractivity contribution in [1.82, 2.24) is 14.8 Å². The molecule has 2 aromatic heterocycles. The molecule has 0 spiro atoms. The van der Waals surface area contributed by atoms with Crippen LogP contribution in [0.2, 0.25) is 0 Å². The van der Waals surface area contributed by atoms with E-state index in [1.54, 1.807) is 33.3 Å². The molecular formula is C19H20N4O3S. The van der Waals surface area contributed by atoms with Crippen molar-refractivity contribution in [3.8, 4) is 0 Å². The van der Waals surface area contributed by atoms with Crippen LogP contribution in [0.1, 0.15) is 10.6 Å². The van der Waals surface area contributed by atoms with Crippen LogP contribution in [0.15, 0.2) is 47.1 Å². The van der Waals surface area contributed by atoms with Crippen LogP contribution >= 0.6 is 11.3 Å². The molecule has 0 saturated carbocycles. The quantitative estimate of drug-likeness (QED) is 0.690. The van der Waals surface area contributed by atoms with Crippen molar-refractivity contribution in [2.45, 2.75) is 0 Å². The number of likely N-dealkylation sites (N-methyl/N-ethyl adjacent to an activating group) is 1. The van der Waals surface area contributed by atoms with E-state index in [1.807, 2.05) is 36.2 Å². The highest BCUT2D eigenvalue weighted by atomic mass is 32.1. The van der Waals surface area contributed by atoms with Crippen LogP contribution in [0.4, 0.5) is 5.13 Å². The van der Waals surface area contributed by atoms with E-state index in [4.69, 9.17) is 4.42 Å². The smallest absolute Gasteiger partial charge is 0.289 e. The number of anilines is 1. The molecule has 140 valence electrons. The fourth-order valence-corrected chi connectivity index (χ4v) is 4.03. The summed E-state index contributed by atoms with van der Waals surface area (Å²) in [5.74, 6) is 0.255. The van der Waals surface area contributed by atoms with Crippen molar-refractivity contribution in [1.29, 1.82) is 0 Å². The molecule has 27 heavy (non-hydrogen) atoms. The number of para-hydroxylation sites is 1. The molecule has 0 radical (unpaired) electrons. The lowest BCUT2D eigenvalue weighted by Gasteiger charge is -2.35. The summed E-state index contributed by atoms with van der Waals surface area (Å²) in [6.45, 7) is 2.34. The minimum atomic E-state index is -0.126. The van der Waals surface area contributed by atoms with Crippen molar-refractivity contribution >= 4 is 38.5 Å². The van der Waals surface area contributed by atoms with E-state index in [-0.39, 0.29) is 18.4 Å². The number of thiazole rings is 1. The van der Waals surface area contributed by atoms with Crippen LogP contribution in [0, 0.1) is 0 Å². The van der Waals surface area contributed by atoms with Crippen LogP contribution in [0.25, 0.3) is 10.2 Å². The van der Waals surface area contributed by atoms with Crippen molar-refractivity contribution in [3.05, 3.63) is 48.4 Å². The Morgan fingerprint density at radius 1 is 1.11 bits per heavy atom. The average Bonchev–Trinajstić information content (AvgIpc) is 3.37. The molecule has 1 fully saturated rings. The number of benzene rings is 1. The normalized spacial score (nSPS) is 14.6. The summed E-state index contributed by atoms with van der Waals surface area (Å²) < 4.78 is 6.27. The van der Waals surface area contributed by atoms with Gasteiger partial charge in [0.1, 0.15) is 0 Å². The lowest BCUT2D eigenvalue weighted by molar-refractivity contribution is -0.131. The highest BCUT2D eigenvalue weighted by Crippen LogP contribution is 2.27. The number of carbonyl (C=O) groups excluding carboxylic acids is 2. The average molecular weight is 384 g/mol. The summed E-state index contributed by atoms with van der Waals surface area (Å²) in [4.78, 5) is 34.9. The second-order valence-corrected chi connectivity index (χ2v) is 7.48. The zero-order valence-electron chi connectivity index (χ0n) is 15.0. The van der Waals surface area contributed by atoms with Crippen LogP contribution < -0.4 is 4.90 Å². The molecule has 0 atom stereocenters. The lowest BCUT2D eigenvalue weighted by atomic mass is 10.2.